The summed E-state index contributed by atoms with van der Waals surface area (Å²) in [4.78, 5) is 0. The molecule has 0 saturated heterocycles. The van der Waals surface area contributed by atoms with Crippen LogP contribution in [0.1, 0.15) is 0 Å². The van der Waals surface area contributed by atoms with Gasteiger partial charge in [0.05, 0.1) is 12.2 Å². The van der Waals surface area contributed by atoms with E-state index in [1.165, 1.54) is 0 Å². The number of nitrogens with zero attached hydrogens (tertiary/aromatic N) is 1. The maximum atomic E-state index is 13.0. The Hall–Kier alpha value is -1.85. The van der Waals surface area contributed by atoms with Gasteiger partial charge in [0.1, 0.15) is 11.6 Å². The SMILES string of the molecule is NC(CNc1cc(F)ccc1F)=NO. The molecule has 0 atom stereocenters. The fraction of sp³-hybridized carbons (Fsp3) is 0.125. The van der Waals surface area contributed by atoms with Crippen LogP contribution in [0.3, 0.4) is 0 Å². The molecule has 1 rings (SSSR count). The molecule has 0 bridgehead atoms. The van der Waals surface area contributed by atoms with Gasteiger partial charge in [-0.25, -0.2) is 8.78 Å². The molecular weight excluding hydrogens is 192 g/mol. The molecule has 6 heteroatoms. The monoisotopic (exact) mass is 201 g/mol. The molecule has 0 heterocycles. The number of rotatable bonds is 3. The second-order valence-electron chi connectivity index (χ2n) is 2.57. The van der Waals surface area contributed by atoms with Crippen LogP contribution >= 0.6 is 0 Å². The molecule has 0 aliphatic heterocycles. The molecule has 4 N–H and O–H groups in total. The number of oxime groups is 1. The predicted octanol–water partition coefficient (Wildman–Crippen LogP) is 1.12. The van der Waals surface area contributed by atoms with Gasteiger partial charge < -0.3 is 16.3 Å². The van der Waals surface area contributed by atoms with Crippen molar-refractivity contribution in [3.05, 3.63) is 29.8 Å². The lowest BCUT2D eigenvalue weighted by Crippen LogP contribution is -2.22. The zero-order valence-corrected chi connectivity index (χ0v) is 7.17. The van der Waals surface area contributed by atoms with Crippen LogP contribution < -0.4 is 11.1 Å². The summed E-state index contributed by atoms with van der Waals surface area (Å²) in [5.41, 5.74) is 5.10. The van der Waals surface area contributed by atoms with Crippen molar-refractivity contribution in [1.82, 2.24) is 0 Å². The van der Waals surface area contributed by atoms with Crippen LogP contribution in [0.15, 0.2) is 23.4 Å². The van der Waals surface area contributed by atoms with Crippen molar-refractivity contribution >= 4 is 11.5 Å². The maximum absolute atomic E-state index is 13.0. The average Bonchev–Trinajstić information content (AvgIpc) is 2.19. The van der Waals surface area contributed by atoms with Gasteiger partial charge in [-0.2, -0.15) is 0 Å². The fourth-order valence-corrected chi connectivity index (χ4v) is 0.854. The second kappa shape index (κ2) is 4.40. The van der Waals surface area contributed by atoms with Gasteiger partial charge in [-0.3, -0.25) is 0 Å². The van der Waals surface area contributed by atoms with Crippen LogP contribution in [0.25, 0.3) is 0 Å². The Labute approximate surface area is 79.0 Å². The van der Waals surface area contributed by atoms with E-state index < -0.39 is 11.6 Å². The summed E-state index contributed by atoms with van der Waals surface area (Å²) in [6, 6.07) is 2.98. The highest BCUT2D eigenvalue weighted by Crippen LogP contribution is 2.14. The fourth-order valence-electron chi connectivity index (χ4n) is 0.854. The van der Waals surface area contributed by atoms with Crippen molar-refractivity contribution in [3.8, 4) is 0 Å². The highest BCUT2D eigenvalue weighted by atomic mass is 19.1. The number of benzene rings is 1. The largest absolute Gasteiger partial charge is 0.409 e. The van der Waals surface area contributed by atoms with Crippen LogP contribution in [0, 0.1) is 11.6 Å². The number of anilines is 1. The van der Waals surface area contributed by atoms with Crippen LogP contribution in [0.5, 0.6) is 0 Å². The summed E-state index contributed by atoms with van der Waals surface area (Å²) in [6.07, 6.45) is 0. The van der Waals surface area contributed by atoms with Crippen LogP contribution in [0.4, 0.5) is 14.5 Å². The summed E-state index contributed by atoms with van der Waals surface area (Å²) in [7, 11) is 0. The van der Waals surface area contributed by atoms with Gasteiger partial charge in [0.15, 0.2) is 5.84 Å². The minimum atomic E-state index is -0.600. The topological polar surface area (TPSA) is 70.6 Å². The summed E-state index contributed by atoms with van der Waals surface area (Å²) >= 11 is 0. The molecule has 1 aromatic carbocycles. The third-order valence-corrected chi connectivity index (χ3v) is 1.52. The van der Waals surface area contributed by atoms with Crippen molar-refractivity contribution in [2.75, 3.05) is 11.9 Å². The minimum Gasteiger partial charge on any atom is -0.409 e. The first kappa shape index (κ1) is 10.2. The van der Waals surface area contributed by atoms with E-state index >= 15 is 0 Å². The molecule has 4 nitrogen and oxygen atoms in total. The molecule has 14 heavy (non-hydrogen) atoms. The molecule has 0 unspecified atom stereocenters. The summed E-state index contributed by atoms with van der Waals surface area (Å²) < 4.78 is 25.6. The maximum Gasteiger partial charge on any atom is 0.158 e. The normalized spacial score (nSPS) is 11.4. The van der Waals surface area contributed by atoms with Crippen molar-refractivity contribution in [3.63, 3.8) is 0 Å². The highest BCUT2D eigenvalue weighted by molar-refractivity contribution is 5.84. The first-order chi connectivity index (χ1) is 6.63. The number of amidine groups is 1. The van der Waals surface area contributed by atoms with E-state index in [1.807, 2.05) is 0 Å². The van der Waals surface area contributed by atoms with E-state index in [0.29, 0.717) is 0 Å². The quantitative estimate of drug-likeness (QED) is 0.297. The summed E-state index contributed by atoms with van der Waals surface area (Å²) in [6.45, 7) is -0.0587. The number of hydrogen-bond donors (Lipinski definition) is 3. The first-order valence-corrected chi connectivity index (χ1v) is 3.79. The third-order valence-electron chi connectivity index (χ3n) is 1.52. The number of nitrogens with two attached hydrogens (primary N) is 1. The van der Waals surface area contributed by atoms with E-state index in [1.54, 1.807) is 0 Å². The average molecular weight is 201 g/mol. The first-order valence-electron chi connectivity index (χ1n) is 3.79. The van der Waals surface area contributed by atoms with Gasteiger partial charge in [0.2, 0.25) is 0 Å². The number of halogens is 2. The van der Waals surface area contributed by atoms with Crippen LogP contribution in [-0.2, 0) is 0 Å². The third kappa shape index (κ3) is 2.58. The summed E-state index contributed by atoms with van der Waals surface area (Å²) in [5.74, 6) is -1.28. The molecule has 0 amide bonds. The highest BCUT2D eigenvalue weighted by Gasteiger charge is 2.03. The Kier molecular flexibility index (Phi) is 3.22. The molecule has 0 spiro atoms. The van der Waals surface area contributed by atoms with Gasteiger partial charge >= 0.3 is 0 Å². The molecule has 0 aromatic heterocycles. The Morgan fingerprint density at radius 3 is 2.86 bits per heavy atom. The molecule has 0 aliphatic carbocycles. The van der Waals surface area contributed by atoms with Crippen molar-refractivity contribution < 1.29 is 14.0 Å². The molecule has 0 fully saturated rings. The zero-order chi connectivity index (χ0) is 10.6. The van der Waals surface area contributed by atoms with Gasteiger partial charge in [-0.1, -0.05) is 5.16 Å². The Morgan fingerprint density at radius 2 is 2.21 bits per heavy atom. The van der Waals surface area contributed by atoms with E-state index in [9.17, 15) is 8.78 Å². The van der Waals surface area contributed by atoms with Gasteiger partial charge in [0, 0.05) is 0 Å². The van der Waals surface area contributed by atoms with Gasteiger partial charge in [-0.05, 0) is 18.2 Å². The number of hydrogen-bond acceptors (Lipinski definition) is 3. The van der Waals surface area contributed by atoms with Crippen molar-refractivity contribution in [1.29, 1.82) is 0 Å². The Morgan fingerprint density at radius 1 is 1.50 bits per heavy atom. The predicted molar refractivity (Wildman–Crippen MR) is 48.3 cm³/mol. The molecule has 76 valence electrons. The van der Waals surface area contributed by atoms with Crippen molar-refractivity contribution in [2.45, 2.75) is 0 Å². The second-order valence-corrected chi connectivity index (χ2v) is 2.57. The number of nitrogens with one attached hydrogen (secondary N) is 1. The molecule has 0 saturated carbocycles. The van der Waals surface area contributed by atoms with E-state index in [-0.39, 0.29) is 18.1 Å². The van der Waals surface area contributed by atoms with Crippen LogP contribution in [0.2, 0.25) is 0 Å². The van der Waals surface area contributed by atoms with Crippen LogP contribution in [-0.4, -0.2) is 17.6 Å². The van der Waals surface area contributed by atoms with E-state index in [0.717, 1.165) is 18.2 Å². The summed E-state index contributed by atoms with van der Waals surface area (Å²) in [5, 5.41) is 13.3. The molecule has 0 radical (unpaired) electrons. The Bertz CT molecular complexity index is 354. The van der Waals surface area contributed by atoms with Gasteiger partial charge in [-0.15, -0.1) is 0 Å². The lowest BCUT2D eigenvalue weighted by atomic mass is 10.3. The Balaban J connectivity index is 2.71. The van der Waals surface area contributed by atoms with E-state index in [4.69, 9.17) is 10.9 Å². The van der Waals surface area contributed by atoms with E-state index in [2.05, 4.69) is 10.5 Å². The minimum absolute atomic E-state index is 0.0309. The molecule has 0 aliphatic rings. The smallest absolute Gasteiger partial charge is 0.158 e. The lowest BCUT2D eigenvalue weighted by molar-refractivity contribution is 0.317. The molecular formula is C8H9F2N3O. The molecule has 1 aromatic rings. The van der Waals surface area contributed by atoms with Crippen molar-refractivity contribution in [2.24, 2.45) is 10.9 Å². The van der Waals surface area contributed by atoms with Gasteiger partial charge in [0.25, 0.3) is 0 Å². The lowest BCUT2D eigenvalue weighted by Gasteiger charge is -2.05. The zero-order valence-electron chi connectivity index (χ0n) is 7.17. The standard InChI is InChI=1S/C8H9F2N3O/c9-5-1-2-6(10)7(3-5)12-4-8(11)13-14/h1-3,12,14H,4H2,(H2,11,13).